The van der Waals surface area contributed by atoms with Gasteiger partial charge in [-0.15, -0.1) is 0 Å². The van der Waals surface area contributed by atoms with Crippen LogP contribution in [0.2, 0.25) is 0 Å². The summed E-state index contributed by atoms with van der Waals surface area (Å²) in [6, 6.07) is 0. The summed E-state index contributed by atoms with van der Waals surface area (Å²) in [6.07, 6.45) is 5.31. The molecule has 0 bridgehead atoms. The predicted molar refractivity (Wildman–Crippen MR) is 81.1 cm³/mol. The molecule has 1 amide bonds. The number of nitrogens with one attached hydrogen (secondary N) is 1. The molecule has 1 fully saturated rings. The molecule has 122 valence electrons. The smallest absolute Gasteiger partial charge is 0.303 e. The van der Waals surface area contributed by atoms with Gasteiger partial charge in [0.25, 0.3) is 0 Å². The molecule has 0 spiro atoms. The standard InChI is InChI=1S/C16H29NO4/c1-13(2)12-21-9-8-17-14(18)10-16(11-15(19)20)6-4-3-5-7-16/h13H,3-12H2,1-2H3,(H,17,18)(H,19,20). The van der Waals surface area contributed by atoms with Gasteiger partial charge < -0.3 is 15.2 Å². The maximum absolute atomic E-state index is 12.0. The first-order valence-electron chi connectivity index (χ1n) is 8.00. The highest BCUT2D eigenvalue weighted by atomic mass is 16.5. The van der Waals surface area contributed by atoms with Gasteiger partial charge in [-0.1, -0.05) is 33.1 Å². The number of amides is 1. The summed E-state index contributed by atoms with van der Waals surface area (Å²) in [4.78, 5) is 23.1. The summed E-state index contributed by atoms with van der Waals surface area (Å²) in [5.74, 6) is -0.363. The van der Waals surface area contributed by atoms with Crippen molar-refractivity contribution in [3.05, 3.63) is 0 Å². The summed E-state index contributed by atoms with van der Waals surface area (Å²) < 4.78 is 5.42. The number of carbonyl (C=O) groups is 2. The minimum absolute atomic E-state index is 0.0497. The quantitative estimate of drug-likeness (QED) is 0.642. The number of ether oxygens (including phenoxy) is 1. The SMILES string of the molecule is CC(C)COCCNC(=O)CC1(CC(=O)O)CCCCC1. The van der Waals surface area contributed by atoms with Gasteiger partial charge in [0.15, 0.2) is 0 Å². The monoisotopic (exact) mass is 299 g/mol. The molecule has 0 atom stereocenters. The third kappa shape index (κ3) is 7.46. The number of carbonyl (C=O) groups excluding carboxylic acids is 1. The summed E-state index contributed by atoms with van der Waals surface area (Å²) in [6.45, 7) is 5.86. The van der Waals surface area contributed by atoms with Crippen LogP contribution in [0, 0.1) is 11.3 Å². The molecule has 0 aliphatic heterocycles. The van der Waals surface area contributed by atoms with E-state index in [0.29, 0.717) is 32.1 Å². The van der Waals surface area contributed by atoms with Crippen molar-refractivity contribution in [2.75, 3.05) is 19.8 Å². The van der Waals surface area contributed by atoms with Crippen LogP contribution in [0.15, 0.2) is 0 Å². The lowest BCUT2D eigenvalue weighted by Gasteiger charge is -2.35. The number of carboxylic acid groups (broad SMARTS) is 1. The first-order chi connectivity index (χ1) is 9.93. The molecule has 21 heavy (non-hydrogen) atoms. The van der Waals surface area contributed by atoms with Crippen LogP contribution in [-0.4, -0.2) is 36.7 Å². The third-order valence-corrected chi connectivity index (χ3v) is 4.00. The van der Waals surface area contributed by atoms with Crippen LogP contribution < -0.4 is 5.32 Å². The highest BCUT2D eigenvalue weighted by Crippen LogP contribution is 2.42. The highest BCUT2D eigenvalue weighted by molar-refractivity contribution is 5.78. The molecule has 1 rings (SSSR count). The van der Waals surface area contributed by atoms with Crippen LogP contribution >= 0.6 is 0 Å². The van der Waals surface area contributed by atoms with Gasteiger partial charge in [-0.05, 0) is 24.2 Å². The largest absolute Gasteiger partial charge is 0.481 e. The van der Waals surface area contributed by atoms with E-state index in [1.165, 1.54) is 0 Å². The van der Waals surface area contributed by atoms with Gasteiger partial charge in [-0.3, -0.25) is 9.59 Å². The molecule has 0 heterocycles. The number of hydrogen-bond acceptors (Lipinski definition) is 3. The molecule has 0 saturated heterocycles. The molecule has 1 aliphatic carbocycles. The molecule has 0 unspecified atom stereocenters. The average molecular weight is 299 g/mol. The van der Waals surface area contributed by atoms with Crippen LogP contribution in [0.1, 0.15) is 58.8 Å². The Hall–Kier alpha value is -1.10. The van der Waals surface area contributed by atoms with Gasteiger partial charge in [0, 0.05) is 19.6 Å². The van der Waals surface area contributed by atoms with E-state index in [-0.39, 0.29) is 17.7 Å². The van der Waals surface area contributed by atoms with Crippen molar-refractivity contribution < 1.29 is 19.4 Å². The number of hydrogen-bond donors (Lipinski definition) is 2. The van der Waals surface area contributed by atoms with Crippen LogP contribution in [0.4, 0.5) is 0 Å². The topological polar surface area (TPSA) is 75.6 Å². The second-order valence-corrected chi connectivity index (χ2v) is 6.63. The van der Waals surface area contributed by atoms with Gasteiger partial charge >= 0.3 is 5.97 Å². The molecule has 5 heteroatoms. The van der Waals surface area contributed by atoms with Crippen molar-refractivity contribution in [2.24, 2.45) is 11.3 Å². The van der Waals surface area contributed by atoms with E-state index < -0.39 is 5.97 Å². The first kappa shape index (κ1) is 18.0. The molecule has 1 saturated carbocycles. The fourth-order valence-electron chi connectivity index (χ4n) is 3.02. The Labute approximate surface area is 127 Å². The number of carboxylic acids is 1. The van der Waals surface area contributed by atoms with Crippen LogP contribution in [-0.2, 0) is 14.3 Å². The second-order valence-electron chi connectivity index (χ2n) is 6.63. The zero-order valence-corrected chi connectivity index (χ0v) is 13.3. The minimum atomic E-state index is -0.801. The van der Waals surface area contributed by atoms with Crippen molar-refractivity contribution >= 4 is 11.9 Å². The normalized spacial score (nSPS) is 17.7. The summed E-state index contributed by atoms with van der Waals surface area (Å²) in [5.41, 5.74) is -0.340. The minimum Gasteiger partial charge on any atom is -0.481 e. The van der Waals surface area contributed by atoms with Gasteiger partial charge in [0.2, 0.25) is 5.91 Å². The average Bonchev–Trinajstić information content (AvgIpc) is 2.37. The van der Waals surface area contributed by atoms with Gasteiger partial charge in [0.05, 0.1) is 13.0 Å². The fourth-order valence-corrected chi connectivity index (χ4v) is 3.02. The molecule has 1 aliphatic rings. The van der Waals surface area contributed by atoms with Crippen molar-refractivity contribution in [3.63, 3.8) is 0 Å². The second kappa shape index (κ2) is 9.03. The zero-order valence-electron chi connectivity index (χ0n) is 13.3. The molecule has 0 radical (unpaired) electrons. The summed E-state index contributed by atoms with van der Waals surface area (Å²) in [5, 5.41) is 11.9. The third-order valence-electron chi connectivity index (χ3n) is 4.00. The van der Waals surface area contributed by atoms with Crippen LogP contribution in [0.5, 0.6) is 0 Å². The van der Waals surface area contributed by atoms with Gasteiger partial charge in [-0.2, -0.15) is 0 Å². The molecule has 5 nitrogen and oxygen atoms in total. The van der Waals surface area contributed by atoms with E-state index >= 15 is 0 Å². The Bertz CT molecular complexity index is 335. The van der Waals surface area contributed by atoms with E-state index in [9.17, 15) is 9.59 Å². The summed E-state index contributed by atoms with van der Waals surface area (Å²) >= 11 is 0. The number of rotatable bonds is 9. The van der Waals surface area contributed by atoms with E-state index in [1.54, 1.807) is 0 Å². The van der Waals surface area contributed by atoms with Gasteiger partial charge in [0.1, 0.15) is 0 Å². The van der Waals surface area contributed by atoms with Crippen LogP contribution in [0.25, 0.3) is 0 Å². The molecule has 2 N–H and O–H groups in total. The van der Waals surface area contributed by atoms with Crippen molar-refractivity contribution in [1.82, 2.24) is 5.32 Å². The Morgan fingerprint density at radius 1 is 1.19 bits per heavy atom. The maximum Gasteiger partial charge on any atom is 0.303 e. The van der Waals surface area contributed by atoms with Crippen molar-refractivity contribution in [3.8, 4) is 0 Å². The lowest BCUT2D eigenvalue weighted by atomic mass is 9.69. The summed E-state index contributed by atoms with van der Waals surface area (Å²) in [7, 11) is 0. The van der Waals surface area contributed by atoms with E-state index in [2.05, 4.69) is 19.2 Å². The fraction of sp³-hybridized carbons (Fsp3) is 0.875. The Kier molecular flexibility index (Phi) is 7.72. The first-order valence-corrected chi connectivity index (χ1v) is 8.00. The maximum atomic E-state index is 12.0. The highest BCUT2D eigenvalue weighted by Gasteiger charge is 2.36. The zero-order chi connectivity index (χ0) is 15.7. The Morgan fingerprint density at radius 2 is 1.86 bits per heavy atom. The van der Waals surface area contributed by atoms with E-state index in [1.807, 2.05) is 0 Å². The molecule has 0 aromatic rings. The molecule has 0 aromatic heterocycles. The van der Waals surface area contributed by atoms with Crippen molar-refractivity contribution in [2.45, 2.75) is 58.8 Å². The van der Waals surface area contributed by atoms with Crippen molar-refractivity contribution in [1.29, 1.82) is 0 Å². The van der Waals surface area contributed by atoms with Crippen LogP contribution in [0.3, 0.4) is 0 Å². The lowest BCUT2D eigenvalue weighted by Crippen LogP contribution is -2.36. The van der Waals surface area contributed by atoms with Gasteiger partial charge in [-0.25, -0.2) is 0 Å². The Morgan fingerprint density at radius 3 is 2.43 bits per heavy atom. The molecule has 0 aromatic carbocycles. The number of aliphatic carboxylic acids is 1. The Balaban J connectivity index is 2.33. The van der Waals surface area contributed by atoms with E-state index in [0.717, 1.165) is 32.1 Å². The predicted octanol–water partition coefficient (Wildman–Crippen LogP) is 2.59. The lowest BCUT2D eigenvalue weighted by molar-refractivity contribution is -0.141. The molecular weight excluding hydrogens is 270 g/mol. The van der Waals surface area contributed by atoms with E-state index in [4.69, 9.17) is 9.84 Å². The molecular formula is C16H29NO4.